The summed E-state index contributed by atoms with van der Waals surface area (Å²) >= 11 is 7.10. The van der Waals surface area contributed by atoms with Crippen molar-refractivity contribution in [2.75, 3.05) is 5.32 Å². The fourth-order valence-electron chi connectivity index (χ4n) is 3.23. The van der Waals surface area contributed by atoms with Gasteiger partial charge in [-0.05, 0) is 65.2 Å². The maximum absolute atomic E-state index is 3.70. The molecule has 0 amide bonds. The Morgan fingerprint density at radius 3 is 2.62 bits per heavy atom. The monoisotopic (exact) mass is 343 g/mol. The van der Waals surface area contributed by atoms with Gasteiger partial charge in [0, 0.05) is 20.7 Å². The highest BCUT2D eigenvalue weighted by Gasteiger charge is 2.39. The standard InChI is InChI=1S/C13H15Br2N/c14-10-3-4-12(11(15)7-10)16-13-6-8-1-2-9(13)5-8/h3-4,7-9,13,16H,1-2,5-6H2/t8-,9+,13+/m1/s1. The number of anilines is 1. The molecule has 3 atom stereocenters. The number of benzene rings is 1. The molecular weight excluding hydrogens is 330 g/mol. The Hall–Kier alpha value is -0.0200. The summed E-state index contributed by atoms with van der Waals surface area (Å²) in [6.45, 7) is 0. The van der Waals surface area contributed by atoms with Crippen LogP contribution in [0.1, 0.15) is 25.7 Å². The van der Waals surface area contributed by atoms with Crippen LogP contribution < -0.4 is 5.32 Å². The molecule has 2 saturated carbocycles. The molecule has 0 heterocycles. The molecule has 2 aliphatic rings. The first-order valence-corrected chi connectivity index (χ1v) is 7.52. The van der Waals surface area contributed by atoms with Crippen LogP contribution in [-0.2, 0) is 0 Å². The van der Waals surface area contributed by atoms with E-state index < -0.39 is 0 Å². The maximum atomic E-state index is 3.70. The van der Waals surface area contributed by atoms with Crippen LogP contribution in [0.5, 0.6) is 0 Å². The van der Waals surface area contributed by atoms with Gasteiger partial charge in [0.1, 0.15) is 0 Å². The highest BCUT2D eigenvalue weighted by Crippen LogP contribution is 2.46. The largest absolute Gasteiger partial charge is 0.381 e. The SMILES string of the molecule is Brc1ccc(N[C@H]2C[C@@H]3CC[C@H]2C3)c(Br)c1. The summed E-state index contributed by atoms with van der Waals surface area (Å²) in [5.74, 6) is 1.91. The van der Waals surface area contributed by atoms with Crippen LogP contribution in [0, 0.1) is 11.8 Å². The van der Waals surface area contributed by atoms with Crippen LogP contribution in [0.2, 0.25) is 0 Å². The molecule has 2 bridgehead atoms. The summed E-state index contributed by atoms with van der Waals surface area (Å²) in [7, 11) is 0. The Labute approximate surface area is 113 Å². The van der Waals surface area contributed by atoms with Gasteiger partial charge in [-0.2, -0.15) is 0 Å². The molecule has 0 spiro atoms. The van der Waals surface area contributed by atoms with Crippen molar-refractivity contribution in [1.29, 1.82) is 0 Å². The van der Waals surface area contributed by atoms with Crippen molar-refractivity contribution in [2.24, 2.45) is 11.8 Å². The molecule has 3 rings (SSSR count). The van der Waals surface area contributed by atoms with Gasteiger partial charge < -0.3 is 5.32 Å². The van der Waals surface area contributed by atoms with Gasteiger partial charge in [0.05, 0.1) is 0 Å². The van der Waals surface area contributed by atoms with E-state index in [4.69, 9.17) is 0 Å². The van der Waals surface area contributed by atoms with Gasteiger partial charge >= 0.3 is 0 Å². The number of rotatable bonds is 2. The average Bonchev–Trinajstić information content (AvgIpc) is 2.84. The molecule has 0 aliphatic heterocycles. The van der Waals surface area contributed by atoms with Crippen molar-refractivity contribution in [1.82, 2.24) is 0 Å². The van der Waals surface area contributed by atoms with Crippen LogP contribution in [-0.4, -0.2) is 6.04 Å². The highest BCUT2D eigenvalue weighted by atomic mass is 79.9. The van der Waals surface area contributed by atoms with Gasteiger partial charge in [0.15, 0.2) is 0 Å². The van der Waals surface area contributed by atoms with Gasteiger partial charge in [-0.3, -0.25) is 0 Å². The van der Waals surface area contributed by atoms with Crippen molar-refractivity contribution in [3.05, 3.63) is 27.1 Å². The van der Waals surface area contributed by atoms with Crippen LogP contribution >= 0.6 is 31.9 Å². The number of hydrogen-bond donors (Lipinski definition) is 1. The molecule has 3 heteroatoms. The molecule has 0 saturated heterocycles. The van der Waals surface area contributed by atoms with Gasteiger partial charge in [-0.15, -0.1) is 0 Å². The summed E-state index contributed by atoms with van der Waals surface area (Å²) in [5, 5.41) is 3.70. The molecular formula is C13H15Br2N. The lowest BCUT2D eigenvalue weighted by atomic mass is 9.95. The molecule has 86 valence electrons. The van der Waals surface area contributed by atoms with E-state index in [0.717, 1.165) is 20.8 Å². The van der Waals surface area contributed by atoms with Crippen molar-refractivity contribution in [2.45, 2.75) is 31.7 Å². The topological polar surface area (TPSA) is 12.0 Å². The number of hydrogen-bond acceptors (Lipinski definition) is 1. The van der Waals surface area contributed by atoms with Crippen molar-refractivity contribution < 1.29 is 0 Å². The lowest BCUT2D eigenvalue weighted by Crippen LogP contribution is -2.25. The van der Waals surface area contributed by atoms with Crippen LogP contribution in [0.3, 0.4) is 0 Å². The molecule has 1 aromatic carbocycles. The summed E-state index contributed by atoms with van der Waals surface area (Å²) in [4.78, 5) is 0. The van der Waals surface area contributed by atoms with E-state index in [-0.39, 0.29) is 0 Å². The Balaban J connectivity index is 1.74. The molecule has 1 aromatic rings. The maximum Gasteiger partial charge on any atom is 0.0487 e. The summed E-state index contributed by atoms with van der Waals surface area (Å²) in [5.41, 5.74) is 1.24. The van der Waals surface area contributed by atoms with Gasteiger partial charge in [-0.1, -0.05) is 22.4 Å². The average molecular weight is 345 g/mol. The van der Waals surface area contributed by atoms with Crippen molar-refractivity contribution in [3.63, 3.8) is 0 Å². The minimum absolute atomic E-state index is 0.705. The van der Waals surface area contributed by atoms with Crippen LogP contribution in [0.25, 0.3) is 0 Å². The van der Waals surface area contributed by atoms with E-state index in [1.165, 1.54) is 31.4 Å². The number of halogens is 2. The Kier molecular flexibility index (Phi) is 3.01. The normalized spacial score (nSPS) is 32.0. The van der Waals surface area contributed by atoms with Crippen molar-refractivity contribution in [3.8, 4) is 0 Å². The first-order valence-electron chi connectivity index (χ1n) is 5.94. The predicted octanol–water partition coefficient (Wildman–Crippen LogP) is 4.81. The third kappa shape index (κ3) is 2.04. The van der Waals surface area contributed by atoms with E-state index in [0.29, 0.717) is 6.04 Å². The van der Waals surface area contributed by atoms with Crippen molar-refractivity contribution >= 4 is 37.5 Å². The molecule has 1 N–H and O–H groups in total. The van der Waals surface area contributed by atoms with E-state index >= 15 is 0 Å². The highest BCUT2D eigenvalue weighted by molar-refractivity contribution is 9.11. The number of fused-ring (bicyclic) bond motifs is 2. The molecule has 2 aliphatic carbocycles. The first-order chi connectivity index (χ1) is 7.72. The minimum atomic E-state index is 0.705. The summed E-state index contributed by atoms with van der Waals surface area (Å²) in [6, 6.07) is 7.06. The first kappa shape index (κ1) is 11.1. The molecule has 16 heavy (non-hydrogen) atoms. The molecule has 2 fully saturated rings. The molecule has 1 nitrogen and oxygen atoms in total. The van der Waals surface area contributed by atoms with E-state index in [2.05, 4.69) is 55.4 Å². The predicted molar refractivity (Wildman–Crippen MR) is 74.7 cm³/mol. The Morgan fingerprint density at radius 1 is 1.12 bits per heavy atom. The Bertz CT molecular complexity index is 405. The van der Waals surface area contributed by atoms with Gasteiger partial charge in [-0.25, -0.2) is 0 Å². The van der Waals surface area contributed by atoms with Gasteiger partial charge in [0.25, 0.3) is 0 Å². The van der Waals surface area contributed by atoms with Crippen LogP contribution in [0.4, 0.5) is 5.69 Å². The van der Waals surface area contributed by atoms with Gasteiger partial charge in [0.2, 0.25) is 0 Å². The third-order valence-corrected chi connectivity index (χ3v) is 5.16. The Morgan fingerprint density at radius 2 is 2.00 bits per heavy atom. The number of nitrogens with one attached hydrogen (secondary N) is 1. The zero-order valence-corrected chi connectivity index (χ0v) is 12.2. The summed E-state index contributed by atoms with van der Waals surface area (Å²) < 4.78 is 2.28. The summed E-state index contributed by atoms with van der Waals surface area (Å²) in [6.07, 6.45) is 5.71. The molecule has 0 radical (unpaired) electrons. The molecule has 0 aromatic heterocycles. The lowest BCUT2D eigenvalue weighted by Gasteiger charge is -2.24. The smallest absolute Gasteiger partial charge is 0.0487 e. The lowest BCUT2D eigenvalue weighted by molar-refractivity contribution is 0.439. The fourth-order valence-corrected chi connectivity index (χ4v) is 4.39. The van der Waals surface area contributed by atoms with Crippen LogP contribution in [0.15, 0.2) is 27.1 Å². The van der Waals surface area contributed by atoms with E-state index in [9.17, 15) is 0 Å². The zero-order valence-electron chi connectivity index (χ0n) is 9.05. The zero-order chi connectivity index (χ0) is 11.1. The second-order valence-corrected chi connectivity index (χ2v) is 6.82. The second-order valence-electron chi connectivity index (χ2n) is 5.05. The second kappa shape index (κ2) is 4.34. The fraction of sp³-hybridized carbons (Fsp3) is 0.538. The minimum Gasteiger partial charge on any atom is -0.381 e. The third-order valence-electron chi connectivity index (χ3n) is 4.01. The van der Waals surface area contributed by atoms with E-state index in [1.54, 1.807) is 0 Å². The molecule has 0 unspecified atom stereocenters. The quantitative estimate of drug-likeness (QED) is 0.811. The van der Waals surface area contributed by atoms with E-state index in [1.807, 2.05) is 0 Å².